The van der Waals surface area contributed by atoms with Gasteiger partial charge in [0.25, 0.3) is 5.91 Å². The smallest absolute Gasteiger partial charge is 0.261 e. The fraction of sp³-hybridized carbons (Fsp3) is 0.400. The monoisotopic (exact) mass is 304 g/mol. The van der Waals surface area contributed by atoms with Gasteiger partial charge in [-0.25, -0.2) is 0 Å². The Morgan fingerprint density at radius 3 is 3.00 bits per heavy atom. The van der Waals surface area contributed by atoms with Crippen molar-refractivity contribution in [3.63, 3.8) is 0 Å². The molecule has 1 atom stereocenters. The second kappa shape index (κ2) is 8.49. The maximum absolute atomic E-state index is 11.7. The van der Waals surface area contributed by atoms with Gasteiger partial charge < -0.3 is 10.6 Å². The van der Waals surface area contributed by atoms with E-state index in [0.717, 1.165) is 30.0 Å². The molecule has 112 valence electrons. The van der Waals surface area contributed by atoms with Crippen LogP contribution in [0.5, 0.6) is 0 Å². The lowest BCUT2D eigenvalue weighted by molar-refractivity contribution is 0.0957. The van der Waals surface area contributed by atoms with Crippen LogP contribution in [0.3, 0.4) is 0 Å². The van der Waals surface area contributed by atoms with E-state index in [2.05, 4.69) is 27.5 Å². The predicted octanol–water partition coefficient (Wildman–Crippen LogP) is 1.88. The molecule has 2 N–H and O–H groups in total. The average Bonchev–Trinajstić information content (AvgIpc) is 3.02. The van der Waals surface area contributed by atoms with Gasteiger partial charge in [-0.3, -0.25) is 14.8 Å². The molecule has 2 aromatic rings. The van der Waals surface area contributed by atoms with Crippen molar-refractivity contribution in [2.24, 2.45) is 0 Å². The van der Waals surface area contributed by atoms with E-state index in [1.807, 2.05) is 17.5 Å². The van der Waals surface area contributed by atoms with E-state index in [0.29, 0.717) is 12.6 Å². The highest BCUT2D eigenvalue weighted by Crippen LogP contribution is 2.07. The van der Waals surface area contributed by atoms with E-state index in [1.54, 1.807) is 18.6 Å². The standard InChI is InChI=1S/C15H20N4OS/c1-12(10-13-11-16-7-8-18-13)17-5-3-6-19-15(20)14-4-2-9-21-14/h2,4,7-9,11-12,17H,3,5-6,10H2,1H3,(H,19,20). The van der Waals surface area contributed by atoms with Crippen LogP contribution in [0.15, 0.2) is 36.1 Å². The lowest BCUT2D eigenvalue weighted by Crippen LogP contribution is -2.32. The zero-order chi connectivity index (χ0) is 14.9. The minimum Gasteiger partial charge on any atom is -0.351 e. The highest BCUT2D eigenvalue weighted by Gasteiger charge is 2.06. The summed E-state index contributed by atoms with van der Waals surface area (Å²) in [4.78, 5) is 20.8. The van der Waals surface area contributed by atoms with Crippen molar-refractivity contribution >= 4 is 17.2 Å². The number of nitrogens with zero attached hydrogens (tertiary/aromatic N) is 2. The summed E-state index contributed by atoms with van der Waals surface area (Å²) in [6, 6.07) is 4.06. The SMILES string of the molecule is CC(Cc1cnccn1)NCCCNC(=O)c1cccs1. The lowest BCUT2D eigenvalue weighted by atomic mass is 10.2. The first-order valence-corrected chi connectivity index (χ1v) is 7.93. The van der Waals surface area contributed by atoms with Gasteiger partial charge >= 0.3 is 0 Å². The molecule has 1 amide bonds. The van der Waals surface area contributed by atoms with Crippen LogP contribution in [0, 0.1) is 0 Å². The summed E-state index contributed by atoms with van der Waals surface area (Å²) in [5.74, 6) is 0.0117. The highest BCUT2D eigenvalue weighted by atomic mass is 32.1. The first-order valence-electron chi connectivity index (χ1n) is 7.05. The first kappa shape index (κ1) is 15.6. The molecule has 0 aliphatic heterocycles. The molecule has 6 heteroatoms. The molecule has 2 heterocycles. The molecule has 0 spiro atoms. The molecule has 2 rings (SSSR count). The van der Waals surface area contributed by atoms with Gasteiger partial charge in [-0.05, 0) is 31.3 Å². The van der Waals surface area contributed by atoms with E-state index in [9.17, 15) is 4.79 Å². The van der Waals surface area contributed by atoms with Crippen molar-refractivity contribution in [3.05, 3.63) is 46.7 Å². The lowest BCUT2D eigenvalue weighted by Gasteiger charge is -2.13. The number of rotatable bonds is 8. The van der Waals surface area contributed by atoms with E-state index in [1.165, 1.54) is 11.3 Å². The van der Waals surface area contributed by atoms with Gasteiger partial charge in [-0.1, -0.05) is 6.07 Å². The predicted molar refractivity (Wildman–Crippen MR) is 84.5 cm³/mol. The quantitative estimate of drug-likeness (QED) is 0.731. The third-order valence-electron chi connectivity index (χ3n) is 3.01. The van der Waals surface area contributed by atoms with Crippen molar-refractivity contribution < 1.29 is 4.79 Å². The molecule has 5 nitrogen and oxygen atoms in total. The largest absolute Gasteiger partial charge is 0.351 e. The maximum atomic E-state index is 11.7. The van der Waals surface area contributed by atoms with Crippen LogP contribution in [0.25, 0.3) is 0 Å². The number of amides is 1. The van der Waals surface area contributed by atoms with Gasteiger partial charge in [0, 0.05) is 37.6 Å². The summed E-state index contributed by atoms with van der Waals surface area (Å²) in [7, 11) is 0. The van der Waals surface area contributed by atoms with Gasteiger partial charge in [0.2, 0.25) is 0 Å². The Kier molecular flexibility index (Phi) is 6.30. The van der Waals surface area contributed by atoms with E-state index >= 15 is 0 Å². The molecule has 0 radical (unpaired) electrons. The molecule has 21 heavy (non-hydrogen) atoms. The Balaban J connectivity index is 1.56. The van der Waals surface area contributed by atoms with E-state index < -0.39 is 0 Å². The number of nitrogens with one attached hydrogen (secondary N) is 2. The van der Waals surface area contributed by atoms with Crippen LogP contribution in [-0.4, -0.2) is 35.0 Å². The van der Waals surface area contributed by atoms with E-state index in [4.69, 9.17) is 0 Å². The fourth-order valence-corrected chi connectivity index (χ4v) is 2.59. The van der Waals surface area contributed by atoms with Crippen LogP contribution in [-0.2, 0) is 6.42 Å². The number of aromatic nitrogens is 2. The van der Waals surface area contributed by atoms with Crippen molar-refractivity contribution in [1.82, 2.24) is 20.6 Å². The number of hydrogen-bond donors (Lipinski definition) is 2. The Morgan fingerprint density at radius 2 is 2.29 bits per heavy atom. The average molecular weight is 304 g/mol. The number of carbonyl (C=O) groups is 1. The minimum atomic E-state index is 0.0117. The zero-order valence-corrected chi connectivity index (χ0v) is 12.9. The molecule has 0 saturated carbocycles. The molecule has 0 aromatic carbocycles. The third kappa shape index (κ3) is 5.61. The number of thiophene rings is 1. The van der Waals surface area contributed by atoms with Gasteiger partial charge in [0.05, 0.1) is 10.6 Å². The van der Waals surface area contributed by atoms with Gasteiger partial charge in [-0.2, -0.15) is 0 Å². The molecule has 0 bridgehead atoms. The molecule has 1 unspecified atom stereocenters. The highest BCUT2D eigenvalue weighted by molar-refractivity contribution is 7.12. The van der Waals surface area contributed by atoms with Crippen molar-refractivity contribution in [2.45, 2.75) is 25.8 Å². The van der Waals surface area contributed by atoms with Gasteiger partial charge in [0.1, 0.15) is 0 Å². The van der Waals surface area contributed by atoms with Crippen LogP contribution < -0.4 is 10.6 Å². The molecule has 0 saturated heterocycles. The van der Waals surface area contributed by atoms with Crippen LogP contribution in [0.2, 0.25) is 0 Å². The topological polar surface area (TPSA) is 66.9 Å². The van der Waals surface area contributed by atoms with Crippen LogP contribution in [0.4, 0.5) is 0 Å². The van der Waals surface area contributed by atoms with Crippen molar-refractivity contribution in [2.75, 3.05) is 13.1 Å². The second-order valence-corrected chi connectivity index (χ2v) is 5.79. The van der Waals surface area contributed by atoms with Crippen molar-refractivity contribution in [3.8, 4) is 0 Å². The molecule has 0 fully saturated rings. The number of carbonyl (C=O) groups excluding carboxylic acids is 1. The maximum Gasteiger partial charge on any atom is 0.261 e. The summed E-state index contributed by atoms with van der Waals surface area (Å²) in [6.07, 6.45) is 6.94. The summed E-state index contributed by atoms with van der Waals surface area (Å²) in [6.45, 7) is 3.67. The Hall–Kier alpha value is -1.79. The summed E-state index contributed by atoms with van der Waals surface area (Å²) in [5.41, 5.74) is 0.989. The zero-order valence-electron chi connectivity index (χ0n) is 12.1. The van der Waals surface area contributed by atoms with Gasteiger partial charge in [-0.15, -0.1) is 11.3 Å². The molecular formula is C15H20N4OS. The fourth-order valence-electron chi connectivity index (χ4n) is 1.95. The third-order valence-corrected chi connectivity index (χ3v) is 3.88. The van der Waals surface area contributed by atoms with Crippen LogP contribution in [0.1, 0.15) is 28.7 Å². The Morgan fingerprint density at radius 1 is 1.38 bits per heavy atom. The Labute approximate surface area is 128 Å². The minimum absolute atomic E-state index is 0.0117. The van der Waals surface area contributed by atoms with Crippen molar-refractivity contribution in [1.29, 1.82) is 0 Å². The summed E-state index contributed by atoms with van der Waals surface area (Å²) >= 11 is 1.46. The Bertz CT molecular complexity index is 530. The second-order valence-electron chi connectivity index (χ2n) is 4.84. The van der Waals surface area contributed by atoms with Gasteiger partial charge in [0.15, 0.2) is 0 Å². The molecule has 0 aliphatic rings. The normalized spacial score (nSPS) is 12.0. The van der Waals surface area contributed by atoms with E-state index in [-0.39, 0.29) is 5.91 Å². The summed E-state index contributed by atoms with van der Waals surface area (Å²) < 4.78 is 0. The molecule has 0 aliphatic carbocycles. The first-order chi connectivity index (χ1) is 10.3. The number of hydrogen-bond acceptors (Lipinski definition) is 5. The molecule has 2 aromatic heterocycles. The molecular weight excluding hydrogens is 284 g/mol. The summed E-state index contributed by atoms with van der Waals surface area (Å²) in [5, 5.41) is 8.25. The van der Waals surface area contributed by atoms with Crippen LogP contribution >= 0.6 is 11.3 Å².